The molecule has 0 aromatic rings. The van der Waals surface area contributed by atoms with Gasteiger partial charge in [-0.25, -0.2) is 0 Å². The molecule has 3 unspecified atom stereocenters. The third-order valence-electron chi connectivity index (χ3n) is 3.92. The van der Waals surface area contributed by atoms with Crippen molar-refractivity contribution in [1.29, 1.82) is 0 Å². The van der Waals surface area contributed by atoms with E-state index in [9.17, 15) is 9.90 Å². The van der Waals surface area contributed by atoms with Gasteiger partial charge in [-0.1, -0.05) is 13.8 Å². The van der Waals surface area contributed by atoms with E-state index in [4.69, 9.17) is 0 Å². The number of hydrogen-bond acceptors (Lipinski definition) is 3. The Morgan fingerprint density at radius 2 is 2.33 bits per heavy atom. The highest BCUT2D eigenvalue weighted by Crippen LogP contribution is 2.22. The zero-order chi connectivity index (χ0) is 13.4. The van der Waals surface area contributed by atoms with Crippen molar-refractivity contribution in [2.75, 3.05) is 19.6 Å². The molecule has 1 amide bonds. The summed E-state index contributed by atoms with van der Waals surface area (Å²) in [6.07, 6.45) is 4.18. The molecule has 0 spiro atoms. The maximum atomic E-state index is 11.8. The number of carbonyl (C=O) groups is 1. The van der Waals surface area contributed by atoms with Crippen molar-refractivity contribution >= 4 is 5.91 Å². The summed E-state index contributed by atoms with van der Waals surface area (Å²) >= 11 is 0. The Bertz CT molecular complexity index is 240. The number of piperidine rings is 1. The molecule has 3 atom stereocenters. The molecule has 0 aromatic heterocycles. The van der Waals surface area contributed by atoms with E-state index in [0.717, 1.165) is 19.5 Å². The Hall–Kier alpha value is -0.610. The van der Waals surface area contributed by atoms with Crippen molar-refractivity contribution in [3.8, 4) is 0 Å². The van der Waals surface area contributed by atoms with Gasteiger partial charge in [0.15, 0.2) is 0 Å². The fourth-order valence-electron chi connectivity index (χ4n) is 2.48. The molecule has 1 saturated heterocycles. The number of aliphatic hydroxyl groups is 1. The monoisotopic (exact) mass is 256 g/mol. The van der Waals surface area contributed by atoms with Crippen LogP contribution in [0.25, 0.3) is 0 Å². The average Bonchev–Trinajstić information content (AvgIpc) is 2.39. The van der Waals surface area contributed by atoms with Gasteiger partial charge in [-0.3, -0.25) is 4.79 Å². The molecule has 1 heterocycles. The lowest BCUT2D eigenvalue weighted by molar-refractivity contribution is -0.122. The van der Waals surface area contributed by atoms with Crippen LogP contribution in [0.4, 0.5) is 0 Å². The SMILES string of the molecule is CCC(O)CCNC(=O)CC(C)C1CCCNC1. The lowest BCUT2D eigenvalue weighted by Gasteiger charge is -2.28. The fraction of sp³-hybridized carbons (Fsp3) is 0.929. The largest absolute Gasteiger partial charge is 0.393 e. The molecule has 1 aliphatic heterocycles. The molecular formula is C14H28N2O2. The summed E-state index contributed by atoms with van der Waals surface area (Å²) in [4.78, 5) is 11.8. The van der Waals surface area contributed by atoms with Crippen LogP contribution in [0, 0.1) is 11.8 Å². The van der Waals surface area contributed by atoms with E-state index in [2.05, 4.69) is 17.6 Å². The first-order valence-corrected chi connectivity index (χ1v) is 7.29. The van der Waals surface area contributed by atoms with Crippen LogP contribution >= 0.6 is 0 Å². The van der Waals surface area contributed by atoms with Gasteiger partial charge in [-0.15, -0.1) is 0 Å². The van der Waals surface area contributed by atoms with Crippen LogP contribution in [0.2, 0.25) is 0 Å². The molecular weight excluding hydrogens is 228 g/mol. The normalized spacial score (nSPS) is 23.4. The maximum Gasteiger partial charge on any atom is 0.220 e. The highest BCUT2D eigenvalue weighted by molar-refractivity contribution is 5.76. The van der Waals surface area contributed by atoms with Crippen molar-refractivity contribution in [3.05, 3.63) is 0 Å². The highest BCUT2D eigenvalue weighted by Gasteiger charge is 2.21. The van der Waals surface area contributed by atoms with Crippen LogP contribution in [0.3, 0.4) is 0 Å². The second-order valence-electron chi connectivity index (χ2n) is 5.49. The molecule has 0 bridgehead atoms. The van der Waals surface area contributed by atoms with Crippen molar-refractivity contribution in [2.24, 2.45) is 11.8 Å². The third kappa shape index (κ3) is 5.83. The Balaban J connectivity index is 2.14. The van der Waals surface area contributed by atoms with Crippen LogP contribution < -0.4 is 10.6 Å². The van der Waals surface area contributed by atoms with Gasteiger partial charge in [0.2, 0.25) is 5.91 Å². The van der Waals surface area contributed by atoms with Gasteiger partial charge in [0.1, 0.15) is 0 Å². The van der Waals surface area contributed by atoms with Crippen LogP contribution in [-0.2, 0) is 4.79 Å². The van der Waals surface area contributed by atoms with Crippen molar-refractivity contribution in [3.63, 3.8) is 0 Å². The summed E-state index contributed by atoms with van der Waals surface area (Å²) in [5.41, 5.74) is 0. The van der Waals surface area contributed by atoms with E-state index in [0.29, 0.717) is 31.2 Å². The van der Waals surface area contributed by atoms with E-state index in [1.165, 1.54) is 12.8 Å². The van der Waals surface area contributed by atoms with Crippen molar-refractivity contribution < 1.29 is 9.90 Å². The summed E-state index contributed by atoms with van der Waals surface area (Å²) < 4.78 is 0. The zero-order valence-electron chi connectivity index (χ0n) is 11.7. The fourth-order valence-corrected chi connectivity index (χ4v) is 2.48. The van der Waals surface area contributed by atoms with Gasteiger partial charge in [0.25, 0.3) is 0 Å². The minimum atomic E-state index is -0.287. The standard InChI is InChI=1S/C14H28N2O2/c1-3-13(17)6-8-16-14(18)9-11(2)12-5-4-7-15-10-12/h11-13,15,17H,3-10H2,1-2H3,(H,16,18). The molecule has 1 fully saturated rings. The van der Waals surface area contributed by atoms with E-state index in [1.807, 2.05) is 6.92 Å². The second-order valence-corrected chi connectivity index (χ2v) is 5.49. The molecule has 0 radical (unpaired) electrons. The van der Waals surface area contributed by atoms with Crippen molar-refractivity contribution in [2.45, 2.75) is 52.1 Å². The minimum Gasteiger partial charge on any atom is -0.393 e. The summed E-state index contributed by atoms with van der Waals surface area (Å²) in [6, 6.07) is 0. The molecule has 18 heavy (non-hydrogen) atoms. The first kappa shape index (κ1) is 15.4. The Morgan fingerprint density at radius 1 is 1.56 bits per heavy atom. The Morgan fingerprint density at radius 3 is 2.94 bits per heavy atom. The molecule has 0 aromatic carbocycles. The zero-order valence-corrected chi connectivity index (χ0v) is 11.7. The predicted octanol–water partition coefficient (Wildman–Crippen LogP) is 1.29. The number of hydrogen-bond donors (Lipinski definition) is 3. The van der Waals surface area contributed by atoms with Gasteiger partial charge in [-0.05, 0) is 50.6 Å². The minimum absolute atomic E-state index is 0.122. The molecule has 106 valence electrons. The molecule has 0 aliphatic carbocycles. The third-order valence-corrected chi connectivity index (χ3v) is 3.92. The van der Waals surface area contributed by atoms with Crippen LogP contribution in [-0.4, -0.2) is 36.8 Å². The highest BCUT2D eigenvalue weighted by atomic mass is 16.3. The number of aliphatic hydroxyl groups excluding tert-OH is 1. The summed E-state index contributed by atoms with van der Waals surface area (Å²) in [7, 11) is 0. The van der Waals surface area contributed by atoms with Gasteiger partial charge >= 0.3 is 0 Å². The topological polar surface area (TPSA) is 61.4 Å². The Labute approximate surface area is 111 Å². The molecule has 1 rings (SSSR count). The van der Waals surface area contributed by atoms with Gasteiger partial charge < -0.3 is 15.7 Å². The Kier molecular flexibility index (Phi) is 7.28. The van der Waals surface area contributed by atoms with Crippen LogP contribution in [0.15, 0.2) is 0 Å². The molecule has 1 aliphatic rings. The number of nitrogens with one attached hydrogen (secondary N) is 2. The lowest BCUT2D eigenvalue weighted by Crippen LogP contribution is -2.36. The molecule has 0 saturated carbocycles. The van der Waals surface area contributed by atoms with E-state index in [-0.39, 0.29) is 12.0 Å². The summed E-state index contributed by atoms with van der Waals surface area (Å²) in [5.74, 6) is 1.19. The smallest absolute Gasteiger partial charge is 0.220 e. The van der Waals surface area contributed by atoms with Gasteiger partial charge in [0.05, 0.1) is 6.10 Å². The summed E-state index contributed by atoms with van der Waals surface area (Å²) in [6.45, 7) is 6.86. The van der Waals surface area contributed by atoms with Gasteiger partial charge in [-0.2, -0.15) is 0 Å². The number of rotatable bonds is 7. The maximum absolute atomic E-state index is 11.8. The molecule has 3 N–H and O–H groups in total. The molecule has 4 nitrogen and oxygen atoms in total. The first-order chi connectivity index (χ1) is 8.63. The number of carbonyl (C=O) groups excluding carboxylic acids is 1. The van der Waals surface area contributed by atoms with Crippen molar-refractivity contribution in [1.82, 2.24) is 10.6 Å². The van der Waals surface area contributed by atoms with E-state index in [1.54, 1.807) is 0 Å². The predicted molar refractivity (Wildman–Crippen MR) is 73.3 cm³/mol. The van der Waals surface area contributed by atoms with Gasteiger partial charge in [0, 0.05) is 13.0 Å². The first-order valence-electron chi connectivity index (χ1n) is 7.29. The van der Waals surface area contributed by atoms with Crippen LogP contribution in [0.1, 0.15) is 46.0 Å². The molecule has 4 heteroatoms. The number of amides is 1. The summed E-state index contributed by atoms with van der Waals surface area (Å²) in [5, 5.41) is 15.7. The van der Waals surface area contributed by atoms with E-state index >= 15 is 0 Å². The van der Waals surface area contributed by atoms with E-state index < -0.39 is 0 Å². The lowest BCUT2D eigenvalue weighted by atomic mass is 9.85. The average molecular weight is 256 g/mol. The quantitative estimate of drug-likeness (QED) is 0.643. The second kappa shape index (κ2) is 8.48. The van der Waals surface area contributed by atoms with Crippen LogP contribution in [0.5, 0.6) is 0 Å².